The van der Waals surface area contributed by atoms with Crippen molar-refractivity contribution < 1.29 is 67.4 Å². The molecule has 0 spiro atoms. The largest absolute Gasteiger partial charge is 1.00 e. The average Bonchev–Trinajstić information content (AvgIpc) is 2.64. The maximum Gasteiger partial charge on any atom is 1.00 e. The van der Waals surface area contributed by atoms with E-state index < -0.39 is 13.5 Å². The normalized spacial score (nSPS) is 12.8. The molecule has 0 fully saturated rings. The van der Waals surface area contributed by atoms with E-state index in [0.29, 0.717) is 23.2 Å². The summed E-state index contributed by atoms with van der Waals surface area (Å²) in [5.41, 5.74) is -0.468. The Morgan fingerprint density at radius 1 is 0.909 bits per heavy atom. The molecule has 8 heteroatoms. The van der Waals surface area contributed by atoms with Gasteiger partial charge in [0.05, 0.1) is 30.7 Å². The van der Waals surface area contributed by atoms with Crippen LogP contribution in [0.1, 0.15) is 52.7 Å². The molecule has 0 saturated carbocycles. The maximum absolute atomic E-state index is 13.2. The summed E-state index contributed by atoms with van der Waals surface area (Å²) in [6, 6.07) is 12.6. The minimum Gasteiger partial charge on any atom is -1.00 e. The minimum atomic E-state index is -1.45. The van der Waals surface area contributed by atoms with Gasteiger partial charge in [0.1, 0.15) is 11.5 Å². The molecule has 2 aromatic carbocycles. The number of hydrogen-bond donors (Lipinski definition) is 1. The van der Waals surface area contributed by atoms with Crippen molar-refractivity contribution in [2.24, 2.45) is 0 Å². The molecular formula is C25H38ClLiNiO4P-. The summed E-state index contributed by atoms with van der Waals surface area (Å²) in [6.07, 6.45) is 0.493. The molecule has 2 aromatic rings. The van der Waals surface area contributed by atoms with Crippen molar-refractivity contribution in [2.45, 2.75) is 57.5 Å². The second kappa shape index (κ2) is 14.2. The van der Waals surface area contributed by atoms with Crippen LogP contribution < -0.4 is 45.8 Å². The van der Waals surface area contributed by atoms with Crippen molar-refractivity contribution in [1.29, 1.82) is 0 Å². The zero-order chi connectivity index (χ0) is 22.0. The van der Waals surface area contributed by atoms with Crippen LogP contribution in [-0.2, 0) is 22.1 Å². The minimum absolute atomic E-state index is 0. The second-order valence-corrected chi connectivity index (χ2v) is 13.9. The Morgan fingerprint density at radius 2 is 1.39 bits per heavy atom. The average molecular weight is 535 g/mol. The monoisotopic (exact) mass is 533 g/mol. The van der Waals surface area contributed by atoms with Gasteiger partial charge in [0.25, 0.3) is 0 Å². The summed E-state index contributed by atoms with van der Waals surface area (Å²) in [5, 5.41) is 25.4. The zero-order valence-electron chi connectivity index (χ0n) is 21.6. The predicted octanol–water partition coefficient (Wildman–Crippen LogP) is -0.720. The number of benzene rings is 2. The molecule has 0 amide bonds. The number of methoxy groups -OCH3 is 2. The summed E-state index contributed by atoms with van der Waals surface area (Å²) in [6.45, 7) is 13.3. The van der Waals surface area contributed by atoms with Crippen molar-refractivity contribution in [3.8, 4) is 17.2 Å². The summed E-state index contributed by atoms with van der Waals surface area (Å²) in [7, 11) is 1.87. The Hall–Kier alpha value is -0.389. The van der Waals surface area contributed by atoms with E-state index >= 15 is 0 Å². The Bertz CT molecular complexity index is 827. The molecule has 1 atom stereocenters. The first-order valence-electron chi connectivity index (χ1n) is 9.92. The Morgan fingerprint density at radius 3 is 1.79 bits per heavy atom. The van der Waals surface area contributed by atoms with E-state index in [0.717, 1.165) is 0 Å². The zero-order valence-corrected chi connectivity index (χ0v) is 24.4. The SMILES string of the molecule is COc1cc([O-])c(C(O)(C[PH+](C(C)(C)C)C(C)(C)C)c2ccccc2)c(OC)c1.[CH3-].[Cl-].[Li+].[Ni]. The van der Waals surface area contributed by atoms with Crippen molar-refractivity contribution >= 4 is 7.92 Å². The van der Waals surface area contributed by atoms with Crippen LogP contribution in [0.15, 0.2) is 42.5 Å². The number of hydrogen-bond acceptors (Lipinski definition) is 4. The molecule has 0 aliphatic rings. The topological polar surface area (TPSA) is 61.8 Å². The Balaban J connectivity index is -0.00000225. The summed E-state index contributed by atoms with van der Waals surface area (Å²) in [4.78, 5) is 0. The van der Waals surface area contributed by atoms with Gasteiger partial charge in [-0.25, -0.2) is 0 Å². The fourth-order valence-corrected chi connectivity index (χ4v) is 8.42. The Labute approximate surface area is 230 Å². The van der Waals surface area contributed by atoms with Crippen LogP contribution in [0.25, 0.3) is 0 Å². The first-order valence-corrected chi connectivity index (χ1v) is 11.6. The van der Waals surface area contributed by atoms with E-state index in [1.807, 2.05) is 30.3 Å². The molecule has 186 valence electrons. The van der Waals surface area contributed by atoms with Gasteiger partial charge in [0.15, 0.2) is 5.60 Å². The van der Waals surface area contributed by atoms with E-state index in [2.05, 4.69) is 41.5 Å². The first-order chi connectivity index (χ1) is 13.3. The molecule has 0 radical (unpaired) electrons. The molecule has 2 rings (SSSR count). The van der Waals surface area contributed by atoms with E-state index in [1.54, 1.807) is 6.07 Å². The molecule has 0 saturated heterocycles. The van der Waals surface area contributed by atoms with Gasteiger partial charge < -0.3 is 39.5 Å². The molecule has 4 nitrogen and oxygen atoms in total. The van der Waals surface area contributed by atoms with E-state index in [1.165, 1.54) is 20.3 Å². The van der Waals surface area contributed by atoms with Crippen molar-refractivity contribution in [3.05, 3.63) is 61.0 Å². The number of ether oxygens (including phenoxy) is 2. The van der Waals surface area contributed by atoms with Gasteiger partial charge in [-0.3, -0.25) is 0 Å². The van der Waals surface area contributed by atoms with Crippen molar-refractivity contribution in [2.75, 3.05) is 20.4 Å². The standard InChI is InChI=1S/C24H35O4P.CH3.ClH.Li.Ni/c1-22(2,3)29(23(4,5)6)16-24(26,17-12-10-9-11-13-17)21-19(25)14-18(27-7)15-20(21)28-8;;;;/h9-15,25-26H,16H2,1-8H3;1H3;1H;;/q;-1;;+1;/p-1. The molecule has 0 aromatic heterocycles. The maximum atomic E-state index is 13.2. The molecule has 0 aliphatic carbocycles. The van der Waals surface area contributed by atoms with Gasteiger partial charge in [0.2, 0.25) is 0 Å². The van der Waals surface area contributed by atoms with Crippen molar-refractivity contribution in [1.82, 2.24) is 0 Å². The second-order valence-electron chi connectivity index (χ2n) is 9.58. The third kappa shape index (κ3) is 8.65. The van der Waals surface area contributed by atoms with E-state index in [-0.39, 0.29) is 76.8 Å². The van der Waals surface area contributed by atoms with Crippen molar-refractivity contribution in [3.63, 3.8) is 0 Å². The van der Waals surface area contributed by atoms with E-state index in [4.69, 9.17) is 9.47 Å². The van der Waals surface area contributed by atoms with Gasteiger partial charge in [-0.1, -0.05) is 36.1 Å². The number of halogens is 1. The Kier molecular flexibility index (Phi) is 16.0. The number of rotatable bonds is 6. The third-order valence-corrected chi connectivity index (χ3v) is 9.89. The molecule has 0 heterocycles. The molecule has 0 bridgehead atoms. The first kappa shape index (κ1) is 37.2. The van der Waals surface area contributed by atoms with Crippen LogP contribution >= 0.6 is 7.92 Å². The van der Waals surface area contributed by atoms with Gasteiger partial charge in [-0.15, -0.1) is 0 Å². The van der Waals surface area contributed by atoms with Crippen LogP contribution in [0.4, 0.5) is 0 Å². The van der Waals surface area contributed by atoms with Crippen LogP contribution in [0.5, 0.6) is 17.2 Å². The summed E-state index contributed by atoms with van der Waals surface area (Å²) < 4.78 is 10.8. The van der Waals surface area contributed by atoms with Gasteiger partial charge in [0, 0.05) is 36.0 Å². The summed E-state index contributed by atoms with van der Waals surface area (Å²) in [5.74, 6) is 0.491. The molecule has 33 heavy (non-hydrogen) atoms. The van der Waals surface area contributed by atoms with Crippen LogP contribution in [0.3, 0.4) is 0 Å². The molecular weight excluding hydrogens is 496 g/mol. The third-order valence-electron chi connectivity index (χ3n) is 5.40. The smallest absolute Gasteiger partial charge is 1.00 e. The van der Waals surface area contributed by atoms with Gasteiger partial charge >= 0.3 is 18.9 Å². The molecule has 1 N–H and O–H groups in total. The van der Waals surface area contributed by atoms with Crippen LogP contribution in [-0.4, -0.2) is 35.8 Å². The summed E-state index contributed by atoms with van der Waals surface area (Å²) >= 11 is 0. The van der Waals surface area contributed by atoms with Crippen LogP contribution in [0.2, 0.25) is 0 Å². The number of aliphatic hydroxyl groups is 1. The predicted molar refractivity (Wildman–Crippen MR) is 128 cm³/mol. The fourth-order valence-electron chi connectivity index (χ4n) is 4.21. The quantitative estimate of drug-likeness (QED) is 0.302. The van der Waals surface area contributed by atoms with Gasteiger partial charge in [-0.2, -0.15) is 0 Å². The fraction of sp³-hybridized carbons (Fsp3) is 0.480. The molecule has 1 unspecified atom stereocenters. The molecule has 0 aliphatic heterocycles. The van der Waals surface area contributed by atoms with E-state index in [9.17, 15) is 10.2 Å². The van der Waals surface area contributed by atoms with Crippen LogP contribution in [0, 0.1) is 7.43 Å². The van der Waals surface area contributed by atoms with Gasteiger partial charge in [-0.05, 0) is 53.2 Å².